The molecule has 202 valence electrons. The Bertz CT molecular complexity index is 1220. The van der Waals surface area contributed by atoms with Gasteiger partial charge in [-0.15, -0.1) is 0 Å². The fourth-order valence-electron chi connectivity index (χ4n) is 3.75. The van der Waals surface area contributed by atoms with Gasteiger partial charge in [0.2, 0.25) is 11.9 Å². The van der Waals surface area contributed by atoms with Crippen LogP contribution >= 0.6 is 0 Å². The van der Waals surface area contributed by atoms with Gasteiger partial charge in [0.25, 0.3) is 0 Å². The van der Waals surface area contributed by atoms with E-state index in [1.807, 2.05) is 0 Å². The van der Waals surface area contributed by atoms with Crippen LogP contribution in [-0.4, -0.2) is 57.6 Å². The van der Waals surface area contributed by atoms with Crippen LogP contribution in [0.15, 0.2) is 30.5 Å². The van der Waals surface area contributed by atoms with Crippen molar-refractivity contribution in [1.29, 1.82) is 0 Å². The topological polar surface area (TPSA) is 108 Å². The number of aromatic nitrogens is 2. The third kappa shape index (κ3) is 7.57. The van der Waals surface area contributed by atoms with Crippen LogP contribution in [0.25, 0.3) is 0 Å². The van der Waals surface area contributed by atoms with Crippen molar-refractivity contribution in [2.24, 2.45) is 5.92 Å². The minimum Gasteiger partial charge on any atom is -0.444 e. The Morgan fingerprint density at radius 1 is 1.16 bits per heavy atom. The average Bonchev–Trinajstić information content (AvgIpc) is 3.64. The zero-order chi connectivity index (χ0) is 27.4. The molecule has 2 fully saturated rings. The van der Waals surface area contributed by atoms with E-state index in [4.69, 9.17) is 4.74 Å². The van der Waals surface area contributed by atoms with Gasteiger partial charge in [0.1, 0.15) is 23.3 Å². The van der Waals surface area contributed by atoms with Crippen LogP contribution in [0.4, 0.5) is 26.6 Å². The summed E-state index contributed by atoms with van der Waals surface area (Å²) in [6, 6.07) is 5.75. The molecular formula is C28H35FN6O3. The molecule has 1 atom stereocenters. The van der Waals surface area contributed by atoms with Gasteiger partial charge in [-0.1, -0.05) is 11.8 Å². The number of nitrogens with zero attached hydrogens (tertiary/aromatic N) is 3. The summed E-state index contributed by atoms with van der Waals surface area (Å²) in [6.45, 7) is 7.04. The van der Waals surface area contributed by atoms with E-state index in [-0.39, 0.29) is 23.7 Å². The van der Waals surface area contributed by atoms with E-state index in [1.165, 1.54) is 17.0 Å². The van der Waals surface area contributed by atoms with E-state index in [0.717, 1.165) is 25.7 Å². The second kappa shape index (κ2) is 11.3. The molecule has 0 aliphatic heterocycles. The number of amides is 2. The lowest BCUT2D eigenvalue weighted by Crippen LogP contribution is -2.52. The van der Waals surface area contributed by atoms with Gasteiger partial charge in [-0.05, 0) is 77.6 Å². The van der Waals surface area contributed by atoms with Crippen LogP contribution in [-0.2, 0) is 9.53 Å². The first-order chi connectivity index (χ1) is 18.0. The number of hydrogen-bond donors (Lipinski definition) is 3. The highest BCUT2D eigenvalue weighted by molar-refractivity contribution is 5.85. The fourth-order valence-corrected chi connectivity index (χ4v) is 3.75. The Hall–Kier alpha value is -3.87. The van der Waals surface area contributed by atoms with Gasteiger partial charge in [0.15, 0.2) is 0 Å². The molecule has 3 N–H and O–H groups in total. The maximum absolute atomic E-state index is 13.2. The molecule has 4 rings (SSSR count). The molecule has 1 aromatic carbocycles. The number of carbonyl (C=O) groups excluding carboxylic acids is 2. The van der Waals surface area contributed by atoms with Crippen LogP contribution < -0.4 is 16.0 Å². The summed E-state index contributed by atoms with van der Waals surface area (Å²) in [5.41, 5.74) is 0.776. The average molecular weight is 523 g/mol. The molecule has 2 aliphatic rings. The fraction of sp³-hybridized carbons (Fsp3) is 0.500. The molecule has 2 saturated carbocycles. The summed E-state index contributed by atoms with van der Waals surface area (Å²) in [6.07, 6.45) is 4.79. The zero-order valence-corrected chi connectivity index (χ0v) is 22.5. The van der Waals surface area contributed by atoms with Crippen molar-refractivity contribution in [1.82, 2.24) is 20.2 Å². The molecule has 10 heteroatoms. The van der Waals surface area contributed by atoms with Crippen molar-refractivity contribution in [3.63, 3.8) is 0 Å². The molecule has 0 radical (unpaired) electrons. The largest absolute Gasteiger partial charge is 0.444 e. The Labute approximate surface area is 222 Å². The highest BCUT2D eigenvalue weighted by Gasteiger charge is 2.33. The van der Waals surface area contributed by atoms with Crippen molar-refractivity contribution in [2.45, 2.75) is 77.1 Å². The number of hydrogen-bond acceptors (Lipinski definition) is 7. The molecule has 1 aromatic heterocycles. The van der Waals surface area contributed by atoms with Crippen LogP contribution in [0.2, 0.25) is 0 Å². The van der Waals surface area contributed by atoms with Gasteiger partial charge < -0.3 is 20.7 Å². The van der Waals surface area contributed by atoms with Crippen molar-refractivity contribution in [3.8, 4) is 11.8 Å². The van der Waals surface area contributed by atoms with E-state index >= 15 is 0 Å². The number of benzene rings is 1. The second-order valence-electron chi connectivity index (χ2n) is 10.9. The van der Waals surface area contributed by atoms with Crippen molar-refractivity contribution in [2.75, 3.05) is 17.7 Å². The lowest BCUT2D eigenvalue weighted by Gasteiger charge is -2.34. The molecule has 2 aliphatic carbocycles. The smallest absolute Gasteiger partial charge is 0.410 e. The van der Waals surface area contributed by atoms with Crippen LogP contribution in [0, 0.1) is 23.6 Å². The van der Waals surface area contributed by atoms with Gasteiger partial charge in [-0.2, -0.15) is 4.98 Å². The van der Waals surface area contributed by atoms with Gasteiger partial charge in [-0.25, -0.2) is 14.2 Å². The lowest BCUT2D eigenvalue weighted by molar-refractivity contribution is -0.126. The first-order valence-corrected chi connectivity index (χ1v) is 12.9. The zero-order valence-electron chi connectivity index (χ0n) is 22.5. The van der Waals surface area contributed by atoms with E-state index in [2.05, 4.69) is 37.8 Å². The predicted molar refractivity (Wildman–Crippen MR) is 143 cm³/mol. The SMILES string of the molecule is C[C@@H](C(=O)N[C@H]1C[C@@H](C#Cc2cnc(Nc3ccc(F)cc3)nc2NC2CC2)C1)N(C)C(=O)OC(C)(C)C. The Balaban J connectivity index is 1.31. The molecule has 9 nitrogen and oxygen atoms in total. The molecule has 0 saturated heterocycles. The summed E-state index contributed by atoms with van der Waals surface area (Å²) in [7, 11) is 1.56. The minimum atomic E-state index is -0.648. The predicted octanol–water partition coefficient (Wildman–Crippen LogP) is 4.44. The van der Waals surface area contributed by atoms with E-state index < -0.39 is 17.7 Å². The molecule has 2 amide bonds. The Morgan fingerprint density at radius 2 is 1.84 bits per heavy atom. The minimum absolute atomic E-state index is 0.0129. The Kier molecular flexibility index (Phi) is 8.05. The molecule has 0 spiro atoms. The Morgan fingerprint density at radius 3 is 2.47 bits per heavy atom. The standard InChI is InChI=1S/C28H35FN6O3/c1-17(35(5)27(37)38-28(2,3)4)25(36)32-23-14-18(15-23)6-7-19-16-30-26(34-24(19)31-21-12-13-21)33-22-10-8-20(29)9-11-22/h8-11,16-18,21,23H,12-15H2,1-5H3,(H,32,36)(H2,30,31,33,34)/t17-,18-,23+/m0/s1. The van der Waals surface area contributed by atoms with Gasteiger partial charge >= 0.3 is 6.09 Å². The molecule has 0 unspecified atom stereocenters. The molecular weight excluding hydrogens is 487 g/mol. The number of carbonyl (C=O) groups is 2. The maximum Gasteiger partial charge on any atom is 0.410 e. The van der Waals surface area contributed by atoms with Crippen LogP contribution in [0.1, 0.15) is 58.9 Å². The summed E-state index contributed by atoms with van der Waals surface area (Å²) in [5.74, 6) is 7.17. The first kappa shape index (κ1) is 27.2. The van der Waals surface area contributed by atoms with Crippen molar-refractivity contribution in [3.05, 3.63) is 41.8 Å². The quantitative estimate of drug-likeness (QED) is 0.462. The summed E-state index contributed by atoms with van der Waals surface area (Å²) >= 11 is 0. The number of halogens is 1. The third-order valence-corrected chi connectivity index (χ3v) is 6.34. The van der Waals surface area contributed by atoms with E-state index in [0.29, 0.717) is 29.1 Å². The first-order valence-electron chi connectivity index (χ1n) is 12.9. The van der Waals surface area contributed by atoms with Crippen LogP contribution in [0.3, 0.4) is 0 Å². The molecule has 1 heterocycles. The molecule has 0 bridgehead atoms. The number of rotatable bonds is 7. The summed E-state index contributed by atoms with van der Waals surface area (Å²) in [5, 5.41) is 9.49. The second-order valence-corrected chi connectivity index (χ2v) is 10.9. The number of anilines is 3. The van der Waals surface area contributed by atoms with Gasteiger partial charge in [-0.3, -0.25) is 9.69 Å². The molecule has 2 aromatic rings. The highest BCUT2D eigenvalue weighted by atomic mass is 19.1. The maximum atomic E-state index is 13.2. The number of nitrogens with one attached hydrogen (secondary N) is 3. The lowest BCUT2D eigenvalue weighted by atomic mass is 9.80. The summed E-state index contributed by atoms with van der Waals surface area (Å²) in [4.78, 5) is 35.1. The van der Waals surface area contributed by atoms with Crippen LogP contribution in [0.5, 0.6) is 0 Å². The normalized spacial score (nSPS) is 19.2. The number of likely N-dealkylation sites (N-methyl/N-ethyl adjacent to an activating group) is 1. The summed E-state index contributed by atoms with van der Waals surface area (Å²) < 4.78 is 18.5. The third-order valence-electron chi connectivity index (χ3n) is 6.34. The molecule has 38 heavy (non-hydrogen) atoms. The number of ether oxygens (including phenoxy) is 1. The van der Waals surface area contributed by atoms with Gasteiger partial charge in [0, 0.05) is 30.7 Å². The van der Waals surface area contributed by atoms with Crippen molar-refractivity contribution >= 4 is 29.5 Å². The van der Waals surface area contributed by atoms with Crippen molar-refractivity contribution < 1.29 is 18.7 Å². The highest BCUT2D eigenvalue weighted by Crippen LogP contribution is 2.29. The monoisotopic (exact) mass is 522 g/mol. The van der Waals surface area contributed by atoms with E-state index in [1.54, 1.807) is 53.1 Å². The van der Waals surface area contributed by atoms with E-state index in [9.17, 15) is 14.0 Å². The van der Waals surface area contributed by atoms with Gasteiger partial charge in [0.05, 0.1) is 11.8 Å².